The van der Waals surface area contributed by atoms with E-state index in [1.165, 1.54) is 24.4 Å². The molecule has 12 heteroatoms. The molecule has 4 rings (SSSR count). The van der Waals surface area contributed by atoms with Gasteiger partial charge in [-0.3, -0.25) is 10.1 Å². The summed E-state index contributed by atoms with van der Waals surface area (Å²) in [5.74, 6) is 1.27. The molecule has 0 bridgehead atoms. The normalized spacial score (nSPS) is 16.9. The van der Waals surface area contributed by atoms with Crippen LogP contribution in [0.1, 0.15) is 18.4 Å². The Hall–Kier alpha value is -3.54. The Labute approximate surface area is 172 Å². The molecular formula is C18H22N8O4. The lowest BCUT2D eigenvalue weighted by Crippen LogP contribution is -2.38. The molecule has 2 aliphatic heterocycles. The molecule has 0 atom stereocenters. The van der Waals surface area contributed by atoms with Crippen LogP contribution in [0.2, 0.25) is 0 Å². The Bertz CT molecular complexity index is 942. The van der Waals surface area contributed by atoms with Crippen molar-refractivity contribution in [2.75, 3.05) is 54.6 Å². The first kappa shape index (κ1) is 19.8. The van der Waals surface area contributed by atoms with E-state index in [9.17, 15) is 15.2 Å². The van der Waals surface area contributed by atoms with Crippen LogP contribution in [0, 0.1) is 10.1 Å². The highest BCUT2D eigenvalue weighted by atomic mass is 16.6. The second-order valence-electron chi connectivity index (χ2n) is 6.92. The highest BCUT2D eigenvalue weighted by molar-refractivity contribution is 5.84. The summed E-state index contributed by atoms with van der Waals surface area (Å²) in [6.45, 7) is 4.37. The lowest BCUT2D eigenvalue weighted by atomic mass is 10.2. The molecule has 2 saturated heterocycles. The van der Waals surface area contributed by atoms with E-state index in [0.29, 0.717) is 38.2 Å². The lowest BCUT2D eigenvalue weighted by molar-refractivity contribution is -0.384. The summed E-state index contributed by atoms with van der Waals surface area (Å²) < 4.78 is 5.40. The number of ether oxygens (including phenoxy) is 1. The fraction of sp³-hybridized carbons (Fsp3) is 0.444. The Balaban J connectivity index is 1.56. The van der Waals surface area contributed by atoms with Crippen molar-refractivity contribution in [2.45, 2.75) is 12.8 Å². The second kappa shape index (κ2) is 8.86. The van der Waals surface area contributed by atoms with Gasteiger partial charge < -0.3 is 19.6 Å². The van der Waals surface area contributed by atoms with Crippen molar-refractivity contribution in [3.63, 3.8) is 0 Å². The van der Waals surface area contributed by atoms with Crippen LogP contribution in [-0.2, 0) is 4.74 Å². The summed E-state index contributed by atoms with van der Waals surface area (Å²) in [5.41, 5.74) is 2.82. The minimum Gasteiger partial charge on any atom is -0.507 e. The summed E-state index contributed by atoms with van der Waals surface area (Å²) in [6, 6.07) is 3.72. The predicted octanol–water partition coefficient (Wildman–Crippen LogP) is 1.37. The standard InChI is InChI=1S/C18H22N8O4/c27-15-4-3-14(26(28)29)11-13(15)12-19-23-16-20-17(24-5-1-2-6-24)22-18(21-16)25-7-9-30-10-8-25/h3-4,11-12,27H,1-2,5-10H2,(H,20,21,22,23)/b19-12-. The Morgan fingerprint density at radius 1 is 1.10 bits per heavy atom. The maximum absolute atomic E-state index is 10.9. The van der Waals surface area contributed by atoms with Crippen molar-refractivity contribution in [3.8, 4) is 5.75 Å². The number of benzene rings is 1. The molecule has 158 valence electrons. The molecule has 0 radical (unpaired) electrons. The van der Waals surface area contributed by atoms with Gasteiger partial charge in [0.15, 0.2) is 0 Å². The van der Waals surface area contributed by atoms with Crippen molar-refractivity contribution in [1.82, 2.24) is 15.0 Å². The van der Waals surface area contributed by atoms with Gasteiger partial charge in [-0.25, -0.2) is 5.43 Å². The molecule has 0 aliphatic carbocycles. The van der Waals surface area contributed by atoms with Crippen molar-refractivity contribution < 1.29 is 14.8 Å². The van der Waals surface area contributed by atoms with Crippen LogP contribution >= 0.6 is 0 Å². The monoisotopic (exact) mass is 414 g/mol. The van der Waals surface area contributed by atoms with Crippen LogP contribution in [0.25, 0.3) is 0 Å². The molecule has 2 aromatic rings. The molecule has 2 N–H and O–H groups in total. The maximum atomic E-state index is 10.9. The maximum Gasteiger partial charge on any atom is 0.270 e. The van der Waals surface area contributed by atoms with Crippen molar-refractivity contribution >= 4 is 29.7 Å². The number of aromatic hydroxyl groups is 1. The molecule has 0 amide bonds. The highest BCUT2D eigenvalue weighted by Gasteiger charge is 2.21. The summed E-state index contributed by atoms with van der Waals surface area (Å²) >= 11 is 0. The zero-order valence-corrected chi connectivity index (χ0v) is 16.3. The smallest absolute Gasteiger partial charge is 0.270 e. The molecule has 3 heterocycles. The molecule has 0 spiro atoms. The van der Waals surface area contributed by atoms with E-state index in [4.69, 9.17) is 4.74 Å². The van der Waals surface area contributed by atoms with Crippen molar-refractivity contribution in [1.29, 1.82) is 0 Å². The number of nitrogens with one attached hydrogen (secondary N) is 1. The summed E-state index contributed by atoms with van der Waals surface area (Å²) in [6.07, 6.45) is 3.47. The van der Waals surface area contributed by atoms with Gasteiger partial charge in [-0.15, -0.1) is 0 Å². The minimum atomic E-state index is -0.535. The number of phenols is 1. The number of non-ortho nitro benzene ring substituents is 1. The summed E-state index contributed by atoms with van der Waals surface area (Å²) in [5, 5.41) is 24.9. The SMILES string of the molecule is O=[N+]([O-])c1ccc(O)c(/C=N\Nc2nc(N3CCCC3)nc(N3CCOCC3)n2)c1. The zero-order chi connectivity index (χ0) is 20.9. The van der Waals surface area contributed by atoms with Crippen LogP contribution < -0.4 is 15.2 Å². The quantitative estimate of drug-likeness (QED) is 0.404. The van der Waals surface area contributed by atoms with E-state index in [-0.39, 0.29) is 22.9 Å². The number of aromatic nitrogens is 3. The number of phenolic OH excluding ortho intramolecular Hbond substituents is 1. The average Bonchev–Trinajstić information content (AvgIpc) is 3.30. The van der Waals surface area contributed by atoms with Crippen LogP contribution in [-0.4, -0.2) is 70.6 Å². The molecule has 1 aromatic heterocycles. The van der Waals surface area contributed by atoms with E-state index in [1.54, 1.807) is 0 Å². The number of rotatable bonds is 6. The van der Waals surface area contributed by atoms with Gasteiger partial charge in [0.2, 0.25) is 17.8 Å². The minimum absolute atomic E-state index is 0.117. The van der Waals surface area contributed by atoms with E-state index in [2.05, 4.69) is 30.4 Å². The molecule has 0 unspecified atom stereocenters. The second-order valence-corrected chi connectivity index (χ2v) is 6.92. The van der Waals surface area contributed by atoms with Gasteiger partial charge in [-0.2, -0.15) is 20.1 Å². The van der Waals surface area contributed by atoms with E-state index in [1.807, 2.05) is 4.90 Å². The lowest BCUT2D eigenvalue weighted by Gasteiger charge is -2.27. The number of nitro groups is 1. The molecule has 12 nitrogen and oxygen atoms in total. The van der Waals surface area contributed by atoms with Crippen LogP contribution in [0.4, 0.5) is 23.5 Å². The third-order valence-corrected chi connectivity index (χ3v) is 4.88. The molecule has 2 fully saturated rings. The van der Waals surface area contributed by atoms with Crippen molar-refractivity contribution in [2.24, 2.45) is 5.10 Å². The van der Waals surface area contributed by atoms with Gasteiger partial charge >= 0.3 is 0 Å². The molecule has 1 aromatic carbocycles. The first-order chi connectivity index (χ1) is 14.6. The van der Waals surface area contributed by atoms with Gasteiger partial charge in [0.25, 0.3) is 5.69 Å². The van der Waals surface area contributed by atoms with Crippen molar-refractivity contribution in [3.05, 3.63) is 33.9 Å². The van der Waals surface area contributed by atoms with Crippen LogP contribution in [0.15, 0.2) is 23.3 Å². The van der Waals surface area contributed by atoms with Crippen LogP contribution in [0.5, 0.6) is 5.75 Å². The van der Waals surface area contributed by atoms with Gasteiger partial charge in [0.05, 0.1) is 24.4 Å². The third kappa shape index (κ3) is 4.54. The summed E-state index contributed by atoms with van der Waals surface area (Å²) in [4.78, 5) is 28.1. The van der Waals surface area contributed by atoms with Crippen LogP contribution in [0.3, 0.4) is 0 Å². The molecule has 2 aliphatic rings. The van der Waals surface area contributed by atoms with E-state index >= 15 is 0 Å². The Morgan fingerprint density at radius 2 is 1.77 bits per heavy atom. The largest absolute Gasteiger partial charge is 0.507 e. The number of hydrogen-bond donors (Lipinski definition) is 2. The van der Waals surface area contributed by atoms with Gasteiger partial charge in [-0.05, 0) is 18.9 Å². The number of morpholine rings is 1. The number of hydrazone groups is 1. The first-order valence-corrected chi connectivity index (χ1v) is 9.70. The molecule has 0 saturated carbocycles. The predicted molar refractivity (Wildman–Crippen MR) is 110 cm³/mol. The van der Waals surface area contributed by atoms with Gasteiger partial charge in [0.1, 0.15) is 5.75 Å². The fourth-order valence-corrected chi connectivity index (χ4v) is 3.29. The van der Waals surface area contributed by atoms with Gasteiger partial charge in [0, 0.05) is 43.9 Å². The summed E-state index contributed by atoms with van der Waals surface area (Å²) in [7, 11) is 0. The topological polar surface area (TPSA) is 142 Å². The number of nitro benzene ring substituents is 1. The van der Waals surface area contributed by atoms with E-state index < -0.39 is 4.92 Å². The van der Waals surface area contributed by atoms with E-state index in [0.717, 1.165) is 25.9 Å². The average molecular weight is 414 g/mol. The zero-order valence-electron chi connectivity index (χ0n) is 16.3. The van der Waals surface area contributed by atoms with Gasteiger partial charge in [-0.1, -0.05) is 0 Å². The number of anilines is 3. The number of nitrogens with zero attached hydrogens (tertiary/aromatic N) is 7. The Morgan fingerprint density at radius 3 is 2.43 bits per heavy atom. The Kier molecular flexibility index (Phi) is 5.84. The highest BCUT2D eigenvalue weighted by Crippen LogP contribution is 2.22. The first-order valence-electron chi connectivity index (χ1n) is 9.70. The molecular weight excluding hydrogens is 392 g/mol. The fourth-order valence-electron chi connectivity index (χ4n) is 3.29. The molecule has 30 heavy (non-hydrogen) atoms. The number of hydrogen-bond acceptors (Lipinski definition) is 11. The third-order valence-electron chi connectivity index (χ3n) is 4.88.